The van der Waals surface area contributed by atoms with Gasteiger partial charge in [0.25, 0.3) is 0 Å². The van der Waals surface area contributed by atoms with Crippen LogP contribution < -0.4 is 0 Å². The van der Waals surface area contributed by atoms with Crippen LogP contribution in [-0.2, 0) is 14.4 Å². The number of nitrogens with zero attached hydrogens (tertiary/aromatic N) is 1. The molecule has 2 heterocycles. The third kappa shape index (κ3) is 0.828. The Kier molecular flexibility index (Phi) is 1.54. The lowest BCUT2D eigenvalue weighted by Crippen LogP contribution is -2.28. The van der Waals surface area contributed by atoms with Crippen LogP contribution in [0, 0.1) is 5.92 Å². The number of esters is 1. The number of hydrogen-bond acceptors (Lipinski definition) is 5. The van der Waals surface area contributed by atoms with Crippen LogP contribution in [-0.4, -0.2) is 35.6 Å². The van der Waals surface area contributed by atoms with Gasteiger partial charge in [0.15, 0.2) is 6.10 Å². The minimum atomic E-state index is -0.481. The Bertz CT molecular complexity index is 250. The highest BCUT2D eigenvalue weighted by Gasteiger charge is 2.50. The predicted octanol–water partition coefficient (Wildman–Crippen LogP) is -0.705. The Labute approximate surface area is 68.9 Å². The molecule has 0 spiro atoms. The summed E-state index contributed by atoms with van der Waals surface area (Å²) in [4.78, 5) is 16.1. The molecule has 0 aromatic heterocycles. The number of hydrogen-bond donors (Lipinski definition) is 1. The van der Waals surface area contributed by atoms with Crippen molar-refractivity contribution in [2.75, 3.05) is 6.61 Å². The first kappa shape index (κ1) is 7.54. The molecular weight excluding hydrogens is 162 g/mol. The smallest absolute Gasteiger partial charge is 0.319 e. The van der Waals surface area contributed by atoms with E-state index in [0.717, 1.165) is 0 Å². The summed E-state index contributed by atoms with van der Waals surface area (Å²) in [6, 6.07) is 0. The minimum absolute atomic E-state index is 0.247. The molecule has 2 aliphatic rings. The Morgan fingerprint density at radius 1 is 1.67 bits per heavy atom. The zero-order chi connectivity index (χ0) is 8.72. The SMILES string of the molecule is C[C@H]1OC(=O)[C@@H]2C(CO)=NO[C@@H]21. The van der Waals surface area contributed by atoms with Crippen molar-refractivity contribution in [3.63, 3.8) is 0 Å². The van der Waals surface area contributed by atoms with E-state index in [-0.39, 0.29) is 24.8 Å². The first-order valence-electron chi connectivity index (χ1n) is 3.78. The van der Waals surface area contributed by atoms with Crippen molar-refractivity contribution in [1.29, 1.82) is 0 Å². The Morgan fingerprint density at radius 2 is 2.42 bits per heavy atom. The molecular formula is C7H9NO4. The topological polar surface area (TPSA) is 68.1 Å². The zero-order valence-corrected chi connectivity index (χ0v) is 6.56. The largest absolute Gasteiger partial charge is 0.458 e. The highest BCUT2D eigenvalue weighted by molar-refractivity contribution is 6.05. The molecule has 12 heavy (non-hydrogen) atoms. The molecule has 5 heteroatoms. The van der Waals surface area contributed by atoms with Gasteiger partial charge in [-0.15, -0.1) is 0 Å². The average Bonchev–Trinajstić information content (AvgIpc) is 2.55. The highest BCUT2D eigenvalue weighted by Crippen LogP contribution is 2.30. The highest BCUT2D eigenvalue weighted by atomic mass is 16.7. The van der Waals surface area contributed by atoms with Gasteiger partial charge in [-0.25, -0.2) is 0 Å². The predicted molar refractivity (Wildman–Crippen MR) is 38.4 cm³/mol. The number of oxime groups is 1. The van der Waals surface area contributed by atoms with Gasteiger partial charge in [-0.05, 0) is 6.92 Å². The summed E-state index contributed by atoms with van der Waals surface area (Å²) in [5.74, 6) is -0.831. The van der Waals surface area contributed by atoms with Crippen molar-refractivity contribution in [3.8, 4) is 0 Å². The molecule has 0 aromatic carbocycles. The Morgan fingerprint density at radius 3 is 3.08 bits per heavy atom. The lowest BCUT2D eigenvalue weighted by molar-refractivity contribution is -0.142. The van der Waals surface area contributed by atoms with Crippen LogP contribution in [0.4, 0.5) is 0 Å². The van der Waals surface area contributed by atoms with Gasteiger partial charge in [-0.2, -0.15) is 0 Å². The molecule has 2 aliphatic heterocycles. The van der Waals surface area contributed by atoms with Crippen LogP contribution in [0.2, 0.25) is 0 Å². The molecule has 0 aliphatic carbocycles. The van der Waals surface area contributed by atoms with E-state index in [1.54, 1.807) is 6.92 Å². The molecule has 5 nitrogen and oxygen atoms in total. The third-order valence-electron chi connectivity index (χ3n) is 2.16. The van der Waals surface area contributed by atoms with E-state index in [4.69, 9.17) is 14.7 Å². The van der Waals surface area contributed by atoms with E-state index in [1.165, 1.54) is 0 Å². The van der Waals surface area contributed by atoms with Gasteiger partial charge in [0.05, 0.1) is 6.61 Å². The minimum Gasteiger partial charge on any atom is -0.458 e. The lowest BCUT2D eigenvalue weighted by Gasteiger charge is -2.07. The van der Waals surface area contributed by atoms with E-state index in [2.05, 4.69) is 5.16 Å². The van der Waals surface area contributed by atoms with Gasteiger partial charge in [-0.3, -0.25) is 4.79 Å². The molecule has 0 radical (unpaired) electrons. The van der Waals surface area contributed by atoms with E-state index < -0.39 is 5.92 Å². The number of carbonyl (C=O) groups is 1. The lowest BCUT2D eigenvalue weighted by atomic mass is 9.98. The van der Waals surface area contributed by atoms with Crippen molar-refractivity contribution < 1.29 is 19.5 Å². The van der Waals surface area contributed by atoms with Crippen molar-refractivity contribution in [3.05, 3.63) is 0 Å². The summed E-state index contributed by atoms with van der Waals surface area (Å²) in [5.41, 5.74) is 0.370. The average molecular weight is 171 g/mol. The zero-order valence-electron chi connectivity index (χ0n) is 6.56. The van der Waals surface area contributed by atoms with Gasteiger partial charge in [0, 0.05) is 0 Å². The number of carbonyl (C=O) groups excluding carboxylic acids is 1. The van der Waals surface area contributed by atoms with E-state index in [9.17, 15) is 4.79 Å². The second-order valence-corrected chi connectivity index (χ2v) is 2.93. The Hall–Kier alpha value is -1.10. The number of rotatable bonds is 1. The molecule has 2 rings (SSSR count). The first-order chi connectivity index (χ1) is 5.74. The van der Waals surface area contributed by atoms with Crippen LogP contribution in [0.15, 0.2) is 5.16 Å². The maximum Gasteiger partial charge on any atom is 0.319 e. The Balaban J connectivity index is 2.23. The van der Waals surface area contributed by atoms with Gasteiger partial charge in [-0.1, -0.05) is 5.16 Å². The summed E-state index contributed by atoms with van der Waals surface area (Å²) in [7, 11) is 0. The summed E-state index contributed by atoms with van der Waals surface area (Å²) in [5, 5.41) is 12.4. The summed E-state index contributed by atoms with van der Waals surface area (Å²) in [6.45, 7) is 1.50. The molecule has 0 bridgehead atoms. The molecule has 66 valence electrons. The second kappa shape index (κ2) is 2.45. The molecule has 1 fully saturated rings. The van der Waals surface area contributed by atoms with Gasteiger partial charge in [0.1, 0.15) is 17.7 Å². The monoisotopic (exact) mass is 171 g/mol. The van der Waals surface area contributed by atoms with E-state index in [0.29, 0.717) is 5.71 Å². The molecule has 1 N–H and O–H groups in total. The van der Waals surface area contributed by atoms with Crippen molar-refractivity contribution in [2.45, 2.75) is 19.1 Å². The van der Waals surface area contributed by atoms with Crippen LogP contribution in [0.1, 0.15) is 6.92 Å². The summed E-state index contributed by atoms with van der Waals surface area (Å²) in [6.07, 6.45) is -0.602. The van der Waals surface area contributed by atoms with Crippen LogP contribution >= 0.6 is 0 Å². The van der Waals surface area contributed by atoms with Gasteiger partial charge < -0.3 is 14.7 Å². The summed E-state index contributed by atoms with van der Waals surface area (Å²) >= 11 is 0. The summed E-state index contributed by atoms with van der Waals surface area (Å²) < 4.78 is 4.90. The normalized spacial score (nSPS) is 38.7. The van der Waals surface area contributed by atoms with Crippen molar-refractivity contribution in [2.24, 2.45) is 11.1 Å². The fraction of sp³-hybridized carbons (Fsp3) is 0.714. The fourth-order valence-electron chi connectivity index (χ4n) is 1.51. The molecule has 1 saturated heterocycles. The molecule has 3 atom stereocenters. The second-order valence-electron chi connectivity index (χ2n) is 2.93. The maximum atomic E-state index is 11.1. The van der Waals surface area contributed by atoms with Crippen LogP contribution in [0.5, 0.6) is 0 Å². The number of cyclic esters (lactones) is 1. The number of aliphatic hydroxyl groups excluding tert-OH is 1. The maximum absolute atomic E-state index is 11.1. The van der Waals surface area contributed by atoms with Gasteiger partial charge >= 0.3 is 5.97 Å². The van der Waals surface area contributed by atoms with Gasteiger partial charge in [0.2, 0.25) is 0 Å². The molecule has 0 unspecified atom stereocenters. The van der Waals surface area contributed by atoms with Crippen molar-refractivity contribution in [1.82, 2.24) is 0 Å². The van der Waals surface area contributed by atoms with E-state index in [1.807, 2.05) is 0 Å². The van der Waals surface area contributed by atoms with Crippen molar-refractivity contribution >= 4 is 11.7 Å². The molecule has 0 aromatic rings. The van der Waals surface area contributed by atoms with Crippen LogP contribution in [0.25, 0.3) is 0 Å². The molecule has 0 amide bonds. The molecule has 0 saturated carbocycles. The third-order valence-corrected chi connectivity index (χ3v) is 2.16. The number of ether oxygens (including phenoxy) is 1. The standard InChI is InChI=1S/C7H9NO4/c1-3-6-5(7(10)11-3)4(2-9)8-12-6/h3,5-6,9H,2H2,1H3/t3-,5-,6-/m1/s1. The van der Waals surface area contributed by atoms with Crippen LogP contribution in [0.3, 0.4) is 0 Å². The number of fused-ring (bicyclic) bond motifs is 1. The van der Waals surface area contributed by atoms with E-state index >= 15 is 0 Å². The first-order valence-corrected chi connectivity index (χ1v) is 3.78. The quantitative estimate of drug-likeness (QED) is 0.529. The fourth-order valence-corrected chi connectivity index (χ4v) is 1.51. The number of aliphatic hydroxyl groups is 1.